The highest BCUT2D eigenvalue weighted by molar-refractivity contribution is 5.60. The summed E-state index contributed by atoms with van der Waals surface area (Å²) in [5.41, 5.74) is 1.99. The van der Waals surface area contributed by atoms with Crippen LogP contribution in [0.1, 0.15) is 19.8 Å². The van der Waals surface area contributed by atoms with E-state index in [4.69, 9.17) is 4.42 Å². The molecule has 2 aromatic rings. The van der Waals surface area contributed by atoms with Gasteiger partial charge in [0, 0.05) is 35.6 Å². The molecule has 3 aliphatic heterocycles. The maximum atomic E-state index is 5.09. The second kappa shape index (κ2) is 5.15. The van der Waals surface area contributed by atoms with Crippen molar-refractivity contribution in [2.24, 2.45) is 5.92 Å². The summed E-state index contributed by atoms with van der Waals surface area (Å²) in [7, 11) is 0. The Morgan fingerprint density at radius 3 is 2.57 bits per heavy atom. The molecule has 2 bridgehead atoms. The average molecular weight is 284 g/mol. The fourth-order valence-corrected chi connectivity index (χ4v) is 3.67. The standard InChI is InChI=1S/C16H20N4O/c1-11-15(12-2-5-20(11)6-3-12)19-16-17-8-14(9-18-16)13-4-7-21-10-13/h4,7-12,15H,2-3,5-6H2,1H3,(H,17,18,19)/t11-,15-/m1/s1. The summed E-state index contributed by atoms with van der Waals surface area (Å²) in [5.74, 6) is 1.48. The molecule has 5 heteroatoms. The predicted octanol–water partition coefficient (Wildman–Crippen LogP) is 2.63. The monoisotopic (exact) mass is 284 g/mol. The second-order valence-electron chi connectivity index (χ2n) is 6.09. The van der Waals surface area contributed by atoms with Crippen molar-refractivity contribution < 1.29 is 4.42 Å². The summed E-state index contributed by atoms with van der Waals surface area (Å²) >= 11 is 0. The van der Waals surface area contributed by atoms with Crippen LogP contribution >= 0.6 is 0 Å². The van der Waals surface area contributed by atoms with Crippen molar-refractivity contribution in [1.29, 1.82) is 0 Å². The van der Waals surface area contributed by atoms with E-state index in [0.717, 1.165) is 23.0 Å². The number of anilines is 1. The van der Waals surface area contributed by atoms with E-state index < -0.39 is 0 Å². The normalized spacial score (nSPS) is 31.3. The summed E-state index contributed by atoms with van der Waals surface area (Å²) in [4.78, 5) is 11.5. The summed E-state index contributed by atoms with van der Waals surface area (Å²) in [6, 6.07) is 2.95. The van der Waals surface area contributed by atoms with Gasteiger partial charge in [-0.25, -0.2) is 9.97 Å². The number of rotatable bonds is 3. The molecular formula is C16H20N4O. The minimum Gasteiger partial charge on any atom is -0.472 e. The first-order valence-corrected chi connectivity index (χ1v) is 7.66. The molecule has 5 heterocycles. The molecule has 0 amide bonds. The Morgan fingerprint density at radius 1 is 1.19 bits per heavy atom. The molecule has 3 aliphatic rings. The third kappa shape index (κ3) is 2.31. The maximum Gasteiger partial charge on any atom is 0.222 e. The maximum absolute atomic E-state index is 5.09. The van der Waals surface area contributed by atoms with E-state index in [1.165, 1.54) is 25.9 Å². The number of fused-ring (bicyclic) bond motifs is 3. The molecule has 2 aromatic heterocycles. The van der Waals surface area contributed by atoms with Crippen molar-refractivity contribution in [3.05, 3.63) is 31.0 Å². The molecule has 110 valence electrons. The van der Waals surface area contributed by atoms with Crippen LogP contribution < -0.4 is 5.32 Å². The lowest BCUT2D eigenvalue weighted by molar-refractivity contribution is 0.0455. The number of aromatic nitrogens is 2. The van der Waals surface area contributed by atoms with Gasteiger partial charge < -0.3 is 9.73 Å². The number of furan rings is 1. The Hall–Kier alpha value is -1.88. The molecule has 0 aliphatic carbocycles. The molecular weight excluding hydrogens is 264 g/mol. The van der Waals surface area contributed by atoms with Gasteiger partial charge in [-0.2, -0.15) is 0 Å². The van der Waals surface area contributed by atoms with Crippen molar-refractivity contribution >= 4 is 5.95 Å². The van der Waals surface area contributed by atoms with Crippen LogP contribution in [-0.4, -0.2) is 40.0 Å². The quantitative estimate of drug-likeness (QED) is 0.939. The molecule has 1 N–H and O–H groups in total. The molecule has 5 nitrogen and oxygen atoms in total. The number of hydrogen-bond acceptors (Lipinski definition) is 5. The Morgan fingerprint density at radius 2 is 1.95 bits per heavy atom. The van der Waals surface area contributed by atoms with Crippen LogP contribution in [0.3, 0.4) is 0 Å². The molecule has 2 atom stereocenters. The van der Waals surface area contributed by atoms with Gasteiger partial charge in [-0.05, 0) is 44.8 Å². The summed E-state index contributed by atoms with van der Waals surface area (Å²) in [5, 5.41) is 3.55. The number of hydrogen-bond donors (Lipinski definition) is 1. The molecule has 0 spiro atoms. The molecule has 5 rings (SSSR count). The Bertz CT molecular complexity index is 585. The summed E-state index contributed by atoms with van der Waals surface area (Å²) in [6.45, 7) is 4.79. The smallest absolute Gasteiger partial charge is 0.222 e. The minimum atomic E-state index is 0.465. The van der Waals surface area contributed by atoms with E-state index in [2.05, 4.69) is 27.1 Å². The van der Waals surface area contributed by atoms with Gasteiger partial charge >= 0.3 is 0 Å². The summed E-state index contributed by atoms with van der Waals surface area (Å²) < 4.78 is 5.09. The Labute approximate surface area is 124 Å². The molecule has 0 aromatic carbocycles. The van der Waals surface area contributed by atoms with E-state index in [1.807, 2.05) is 18.5 Å². The topological polar surface area (TPSA) is 54.2 Å². The highest BCUT2D eigenvalue weighted by Gasteiger charge is 2.39. The summed E-state index contributed by atoms with van der Waals surface area (Å²) in [6.07, 6.45) is 9.65. The van der Waals surface area contributed by atoms with Gasteiger partial charge in [-0.3, -0.25) is 4.90 Å². The third-order valence-electron chi connectivity index (χ3n) is 4.98. The van der Waals surface area contributed by atoms with Gasteiger partial charge in [0.25, 0.3) is 0 Å². The fourth-order valence-electron chi connectivity index (χ4n) is 3.67. The van der Waals surface area contributed by atoms with Crippen LogP contribution in [0.25, 0.3) is 11.1 Å². The van der Waals surface area contributed by atoms with Gasteiger partial charge in [0.2, 0.25) is 5.95 Å². The zero-order valence-corrected chi connectivity index (χ0v) is 12.2. The predicted molar refractivity (Wildman–Crippen MR) is 80.9 cm³/mol. The first kappa shape index (κ1) is 12.8. The van der Waals surface area contributed by atoms with Gasteiger partial charge in [0.05, 0.1) is 12.5 Å². The molecule has 3 fully saturated rings. The fraction of sp³-hybridized carbons (Fsp3) is 0.500. The van der Waals surface area contributed by atoms with E-state index in [-0.39, 0.29) is 0 Å². The van der Waals surface area contributed by atoms with Crippen LogP contribution in [0.4, 0.5) is 5.95 Å². The lowest BCUT2D eigenvalue weighted by atomic mass is 9.79. The zero-order valence-electron chi connectivity index (χ0n) is 12.2. The third-order valence-corrected chi connectivity index (χ3v) is 4.98. The van der Waals surface area contributed by atoms with E-state index in [1.54, 1.807) is 12.5 Å². The number of nitrogens with one attached hydrogen (secondary N) is 1. The highest BCUT2D eigenvalue weighted by Crippen LogP contribution is 2.33. The van der Waals surface area contributed by atoms with Crippen molar-refractivity contribution in [3.63, 3.8) is 0 Å². The van der Waals surface area contributed by atoms with Crippen molar-refractivity contribution in [1.82, 2.24) is 14.9 Å². The molecule has 21 heavy (non-hydrogen) atoms. The zero-order chi connectivity index (χ0) is 14.2. The lowest BCUT2D eigenvalue weighted by Crippen LogP contribution is -2.59. The lowest BCUT2D eigenvalue weighted by Gasteiger charge is -2.49. The van der Waals surface area contributed by atoms with Crippen LogP contribution in [-0.2, 0) is 0 Å². The average Bonchev–Trinajstić information content (AvgIpc) is 3.06. The van der Waals surface area contributed by atoms with Crippen LogP contribution in [0.5, 0.6) is 0 Å². The molecule has 3 saturated heterocycles. The SMILES string of the molecule is C[C@@H]1[C@@H](Nc2ncc(-c3ccoc3)cn2)C2CCN1CC2. The van der Waals surface area contributed by atoms with Crippen LogP contribution in [0.15, 0.2) is 35.4 Å². The molecule has 0 saturated carbocycles. The van der Waals surface area contributed by atoms with Crippen LogP contribution in [0, 0.1) is 5.92 Å². The van der Waals surface area contributed by atoms with Crippen molar-refractivity contribution in [2.75, 3.05) is 18.4 Å². The van der Waals surface area contributed by atoms with E-state index >= 15 is 0 Å². The van der Waals surface area contributed by atoms with Crippen LogP contribution in [0.2, 0.25) is 0 Å². The van der Waals surface area contributed by atoms with E-state index in [9.17, 15) is 0 Å². The second-order valence-corrected chi connectivity index (χ2v) is 6.09. The van der Waals surface area contributed by atoms with Gasteiger partial charge in [-0.1, -0.05) is 0 Å². The van der Waals surface area contributed by atoms with Gasteiger partial charge in [0.15, 0.2) is 0 Å². The molecule has 0 radical (unpaired) electrons. The van der Waals surface area contributed by atoms with Gasteiger partial charge in [0.1, 0.15) is 0 Å². The van der Waals surface area contributed by atoms with E-state index in [0.29, 0.717) is 12.1 Å². The highest BCUT2D eigenvalue weighted by atomic mass is 16.3. The Kier molecular flexibility index (Phi) is 3.15. The van der Waals surface area contributed by atoms with Crippen molar-refractivity contribution in [2.45, 2.75) is 31.8 Å². The number of piperidine rings is 3. The minimum absolute atomic E-state index is 0.465. The first-order chi connectivity index (χ1) is 10.3. The Balaban J connectivity index is 1.50. The van der Waals surface area contributed by atoms with Crippen molar-refractivity contribution in [3.8, 4) is 11.1 Å². The first-order valence-electron chi connectivity index (χ1n) is 7.66. The molecule has 0 unspecified atom stereocenters. The largest absolute Gasteiger partial charge is 0.472 e. The number of nitrogens with zero attached hydrogens (tertiary/aromatic N) is 3. The van der Waals surface area contributed by atoms with Gasteiger partial charge in [-0.15, -0.1) is 0 Å².